The quantitative estimate of drug-likeness (QED) is 0.767. The summed E-state index contributed by atoms with van der Waals surface area (Å²) < 4.78 is 1.23. The van der Waals surface area contributed by atoms with Crippen LogP contribution in [0.15, 0.2) is 34.3 Å². The second-order valence-corrected chi connectivity index (χ2v) is 7.34. The van der Waals surface area contributed by atoms with Crippen LogP contribution in [0.25, 0.3) is 0 Å². The zero-order valence-corrected chi connectivity index (χ0v) is 15.0. The number of nitrogens with zero attached hydrogens (tertiary/aromatic N) is 1. The molecule has 1 N–H and O–H groups in total. The SMILES string of the molecule is CC1=CCN(Cc2ccc(CNCC(C)C)cc2Br)CC1. The Balaban J connectivity index is 1.90. The van der Waals surface area contributed by atoms with Crippen LogP contribution in [0.3, 0.4) is 0 Å². The van der Waals surface area contributed by atoms with E-state index in [2.05, 4.69) is 71.2 Å². The van der Waals surface area contributed by atoms with E-state index in [-0.39, 0.29) is 0 Å². The van der Waals surface area contributed by atoms with E-state index in [1.165, 1.54) is 34.1 Å². The first kappa shape index (κ1) is 16.7. The molecule has 2 nitrogen and oxygen atoms in total. The van der Waals surface area contributed by atoms with Crippen molar-refractivity contribution in [3.05, 3.63) is 45.4 Å². The number of nitrogens with one attached hydrogen (secondary N) is 1. The molecule has 1 aromatic rings. The second-order valence-electron chi connectivity index (χ2n) is 6.49. The second kappa shape index (κ2) is 8.11. The molecule has 116 valence electrons. The van der Waals surface area contributed by atoms with E-state index in [0.29, 0.717) is 5.92 Å². The Bertz CT molecular complexity index is 494. The van der Waals surface area contributed by atoms with E-state index >= 15 is 0 Å². The molecule has 0 unspecified atom stereocenters. The van der Waals surface area contributed by atoms with Gasteiger partial charge >= 0.3 is 0 Å². The Labute approximate surface area is 137 Å². The Hall–Kier alpha value is -0.640. The van der Waals surface area contributed by atoms with Crippen molar-refractivity contribution in [1.82, 2.24) is 10.2 Å². The molecule has 1 heterocycles. The van der Waals surface area contributed by atoms with Gasteiger partial charge in [0, 0.05) is 30.7 Å². The molecular weight excluding hydrogens is 324 g/mol. The average Bonchev–Trinajstić information content (AvgIpc) is 2.44. The van der Waals surface area contributed by atoms with Gasteiger partial charge in [0.15, 0.2) is 0 Å². The summed E-state index contributed by atoms with van der Waals surface area (Å²) >= 11 is 3.74. The highest BCUT2D eigenvalue weighted by molar-refractivity contribution is 9.10. The average molecular weight is 351 g/mol. The number of halogens is 1. The zero-order chi connectivity index (χ0) is 15.2. The van der Waals surface area contributed by atoms with Crippen molar-refractivity contribution in [3.63, 3.8) is 0 Å². The van der Waals surface area contributed by atoms with Crippen molar-refractivity contribution >= 4 is 15.9 Å². The first-order chi connectivity index (χ1) is 10.0. The molecule has 0 bridgehead atoms. The first-order valence-electron chi connectivity index (χ1n) is 7.90. The summed E-state index contributed by atoms with van der Waals surface area (Å²) in [5, 5.41) is 3.50. The molecule has 0 saturated heterocycles. The van der Waals surface area contributed by atoms with Crippen LogP contribution < -0.4 is 5.32 Å². The van der Waals surface area contributed by atoms with Crippen molar-refractivity contribution < 1.29 is 0 Å². The molecule has 3 heteroatoms. The number of benzene rings is 1. The van der Waals surface area contributed by atoms with Crippen molar-refractivity contribution in [2.75, 3.05) is 19.6 Å². The fourth-order valence-corrected chi connectivity index (χ4v) is 3.08. The van der Waals surface area contributed by atoms with Crippen LogP contribution in [0.4, 0.5) is 0 Å². The van der Waals surface area contributed by atoms with Gasteiger partial charge in [-0.05, 0) is 43.0 Å². The van der Waals surface area contributed by atoms with Crippen molar-refractivity contribution in [2.45, 2.75) is 40.3 Å². The van der Waals surface area contributed by atoms with Gasteiger partial charge in [-0.1, -0.05) is 53.6 Å². The third-order valence-corrected chi connectivity index (χ3v) is 4.65. The van der Waals surface area contributed by atoms with Crippen molar-refractivity contribution in [2.24, 2.45) is 5.92 Å². The highest BCUT2D eigenvalue weighted by atomic mass is 79.9. The predicted octanol–water partition coefficient (Wildman–Crippen LogP) is 4.35. The van der Waals surface area contributed by atoms with Crippen molar-refractivity contribution in [1.29, 1.82) is 0 Å². The summed E-state index contributed by atoms with van der Waals surface area (Å²) in [6, 6.07) is 6.77. The minimum Gasteiger partial charge on any atom is -0.312 e. The molecule has 0 spiro atoms. The van der Waals surface area contributed by atoms with Gasteiger partial charge in [0.2, 0.25) is 0 Å². The largest absolute Gasteiger partial charge is 0.312 e. The van der Waals surface area contributed by atoms with Crippen molar-refractivity contribution in [3.8, 4) is 0 Å². The third kappa shape index (κ3) is 5.57. The number of hydrogen-bond donors (Lipinski definition) is 1. The monoisotopic (exact) mass is 350 g/mol. The molecule has 2 rings (SSSR count). The molecule has 1 aliphatic heterocycles. The van der Waals surface area contributed by atoms with Gasteiger partial charge in [-0.2, -0.15) is 0 Å². The molecule has 0 aromatic heterocycles. The molecule has 0 aliphatic carbocycles. The molecular formula is C18H27BrN2. The lowest BCUT2D eigenvalue weighted by Crippen LogP contribution is -2.28. The lowest BCUT2D eigenvalue weighted by Gasteiger charge is -2.25. The Morgan fingerprint density at radius 1 is 1.33 bits per heavy atom. The van der Waals surface area contributed by atoms with Gasteiger partial charge in [-0.3, -0.25) is 4.90 Å². The summed E-state index contributed by atoms with van der Waals surface area (Å²) in [6.07, 6.45) is 3.55. The topological polar surface area (TPSA) is 15.3 Å². The van der Waals surface area contributed by atoms with E-state index in [1.807, 2.05) is 0 Å². The maximum Gasteiger partial charge on any atom is 0.0248 e. The first-order valence-corrected chi connectivity index (χ1v) is 8.70. The maximum atomic E-state index is 3.74. The van der Waals surface area contributed by atoms with Crippen LogP contribution in [0, 0.1) is 5.92 Å². The Kier molecular flexibility index (Phi) is 6.46. The van der Waals surface area contributed by atoms with Crippen LogP contribution in [-0.2, 0) is 13.1 Å². The fourth-order valence-electron chi connectivity index (χ4n) is 2.53. The van der Waals surface area contributed by atoms with E-state index < -0.39 is 0 Å². The number of rotatable bonds is 6. The predicted molar refractivity (Wildman–Crippen MR) is 94.3 cm³/mol. The van der Waals surface area contributed by atoms with Crippen LogP contribution in [0.5, 0.6) is 0 Å². The lowest BCUT2D eigenvalue weighted by atomic mass is 10.1. The normalized spacial score (nSPS) is 16.3. The van der Waals surface area contributed by atoms with Gasteiger partial charge < -0.3 is 5.32 Å². The highest BCUT2D eigenvalue weighted by Gasteiger charge is 2.11. The zero-order valence-electron chi connectivity index (χ0n) is 13.5. The van der Waals surface area contributed by atoms with Gasteiger partial charge in [0.1, 0.15) is 0 Å². The fraction of sp³-hybridized carbons (Fsp3) is 0.556. The summed E-state index contributed by atoms with van der Waals surface area (Å²) in [6.45, 7) is 12.0. The highest BCUT2D eigenvalue weighted by Crippen LogP contribution is 2.22. The van der Waals surface area contributed by atoms with E-state index in [9.17, 15) is 0 Å². The van der Waals surface area contributed by atoms with Gasteiger partial charge in [0.05, 0.1) is 0 Å². The Morgan fingerprint density at radius 3 is 2.76 bits per heavy atom. The van der Waals surface area contributed by atoms with Crippen LogP contribution >= 0.6 is 15.9 Å². The molecule has 0 atom stereocenters. The number of hydrogen-bond acceptors (Lipinski definition) is 2. The summed E-state index contributed by atoms with van der Waals surface area (Å²) in [7, 11) is 0. The third-order valence-electron chi connectivity index (χ3n) is 3.91. The maximum absolute atomic E-state index is 3.74. The molecule has 1 aromatic carbocycles. The minimum absolute atomic E-state index is 0.698. The van der Waals surface area contributed by atoms with E-state index in [1.54, 1.807) is 0 Å². The lowest BCUT2D eigenvalue weighted by molar-refractivity contribution is 0.285. The summed E-state index contributed by atoms with van der Waals surface area (Å²) in [5.41, 5.74) is 4.26. The van der Waals surface area contributed by atoms with Crippen LogP contribution in [0.2, 0.25) is 0 Å². The molecule has 1 aliphatic rings. The summed E-state index contributed by atoms with van der Waals surface area (Å²) in [5.74, 6) is 0.698. The minimum atomic E-state index is 0.698. The van der Waals surface area contributed by atoms with Crippen LogP contribution in [0.1, 0.15) is 38.3 Å². The smallest absolute Gasteiger partial charge is 0.0248 e. The van der Waals surface area contributed by atoms with Gasteiger partial charge in [0.25, 0.3) is 0 Å². The molecule has 21 heavy (non-hydrogen) atoms. The summed E-state index contributed by atoms with van der Waals surface area (Å²) in [4.78, 5) is 2.50. The van der Waals surface area contributed by atoms with E-state index in [0.717, 1.165) is 26.2 Å². The standard InChI is InChI=1S/C18H27BrN2/c1-14(2)11-20-12-16-4-5-17(18(19)10-16)13-21-8-6-15(3)7-9-21/h4-6,10,14,20H,7-9,11-13H2,1-3H3. The van der Waals surface area contributed by atoms with Gasteiger partial charge in [-0.25, -0.2) is 0 Å². The molecule has 0 fully saturated rings. The van der Waals surface area contributed by atoms with Gasteiger partial charge in [-0.15, -0.1) is 0 Å². The van der Waals surface area contributed by atoms with E-state index in [4.69, 9.17) is 0 Å². The molecule has 0 saturated carbocycles. The Morgan fingerprint density at radius 2 is 2.14 bits per heavy atom. The molecule has 0 radical (unpaired) electrons. The molecule has 0 amide bonds. The van der Waals surface area contributed by atoms with Crippen LogP contribution in [-0.4, -0.2) is 24.5 Å².